The molecule has 1 atom stereocenters. The number of aryl methyl sites for hydroxylation is 1. The molecule has 2 rings (SSSR count). The zero-order valence-corrected chi connectivity index (χ0v) is 21.2. The summed E-state index contributed by atoms with van der Waals surface area (Å²) in [5, 5.41) is 0. The number of likely N-dealkylation sites (N-methyl/N-ethyl adjacent to an activating group) is 1. The van der Waals surface area contributed by atoms with E-state index in [0.717, 1.165) is 25.1 Å². The lowest BCUT2D eigenvalue weighted by Crippen LogP contribution is -2.51. The Morgan fingerprint density at radius 3 is 2.15 bits per heavy atom. The van der Waals surface area contributed by atoms with Crippen LogP contribution in [0.5, 0.6) is 5.75 Å². The normalized spacial score (nSPS) is 12.4. The first-order chi connectivity index (χ1) is 15.9. The fraction of sp³-hybridized carbons (Fsp3) is 0.552. The smallest absolute Gasteiger partial charge is 0.367 e. The maximum Gasteiger partial charge on any atom is 0.367 e. The van der Waals surface area contributed by atoms with Crippen molar-refractivity contribution in [2.75, 3.05) is 20.9 Å². The summed E-state index contributed by atoms with van der Waals surface area (Å²) < 4.78 is 11.9. The van der Waals surface area contributed by atoms with Crippen LogP contribution >= 0.6 is 0 Å². The van der Waals surface area contributed by atoms with E-state index < -0.39 is 0 Å². The third-order valence-electron chi connectivity index (χ3n) is 6.51. The van der Waals surface area contributed by atoms with Crippen LogP contribution in [0.2, 0.25) is 0 Å². The molecule has 2 aromatic rings. The number of carbonyl (C=O) groups is 1. The molecule has 0 aliphatic rings. The molecular formula is C29H44NO3+. The molecule has 0 heterocycles. The lowest BCUT2D eigenvalue weighted by molar-refractivity contribution is -0.917. The van der Waals surface area contributed by atoms with Gasteiger partial charge in [-0.2, -0.15) is 0 Å². The van der Waals surface area contributed by atoms with Gasteiger partial charge in [0.15, 0.2) is 6.04 Å². The number of hydrogen-bond acceptors (Lipinski definition) is 3. The average Bonchev–Trinajstić information content (AvgIpc) is 2.81. The second kappa shape index (κ2) is 14.7. The largest absolute Gasteiger partial charge is 0.457 e. The van der Waals surface area contributed by atoms with Gasteiger partial charge in [-0.25, -0.2) is 4.79 Å². The molecular weight excluding hydrogens is 410 g/mol. The van der Waals surface area contributed by atoms with E-state index in [4.69, 9.17) is 9.47 Å². The van der Waals surface area contributed by atoms with Crippen LogP contribution in [0.25, 0.3) is 0 Å². The van der Waals surface area contributed by atoms with Crippen molar-refractivity contribution < 1.29 is 18.8 Å². The summed E-state index contributed by atoms with van der Waals surface area (Å²) in [5.74, 6) is 0.579. The molecule has 0 radical (unpaired) electrons. The van der Waals surface area contributed by atoms with Gasteiger partial charge in [-0.05, 0) is 31.4 Å². The Bertz CT molecular complexity index is 804. The van der Waals surface area contributed by atoms with Gasteiger partial charge >= 0.3 is 5.97 Å². The highest BCUT2D eigenvalue weighted by Crippen LogP contribution is 2.21. The number of ether oxygens (including phenoxy) is 2. The molecule has 182 valence electrons. The number of para-hydroxylation sites is 1. The molecule has 0 saturated heterocycles. The van der Waals surface area contributed by atoms with Crippen molar-refractivity contribution in [3.63, 3.8) is 0 Å². The zero-order valence-electron chi connectivity index (χ0n) is 21.2. The van der Waals surface area contributed by atoms with Gasteiger partial charge in [-0.1, -0.05) is 100 Å². The molecule has 0 spiro atoms. The number of rotatable bonds is 16. The number of quaternary nitrogens is 1. The van der Waals surface area contributed by atoms with E-state index in [1.54, 1.807) is 0 Å². The number of hydrogen-bond donors (Lipinski definition) is 0. The minimum Gasteiger partial charge on any atom is -0.457 e. The Kier molecular flexibility index (Phi) is 12.0. The fourth-order valence-electron chi connectivity index (χ4n) is 4.05. The SMILES string of the molecule is CCCCCCCCCCc1ccccc1OCOC(=O)C(C)[N+](C)(C)Cc1ccccc1. The van der Waals surface area contributed by atoms with Crippen LogP contribution in [0.1, 0.15) is 76.3 Å². The van der Waals surface area contributed by atoms with Crippen LogP contribution in [0.4, 0.5) is 0 Å². The topological polar surface area (TPSA) is 35.5 Å². The summed E-state index contributed by atoms with van der Waals surface area (Å²) in [6.45, 7) is 4.89. The van der Waals surface area contributed by atoms with E-state index >= 15 is 0 Å². The summed E-state index contributed by atoms with van der Waals surface area (Å²) in [5.41, 5.74) is 2.39. The fourth-order valence-corrected chi connectivity index (χ4v) is 4.05. The van der Waals surface area contributed by atoms with Gasteiger partial charge in [0.25, 0.3) is 0 Å². The lowest BCUT2D eigenvalue weighted by Gasteiger charge is -2.34. The van der Waals surface area contributed by atoms with Crippen molar-refractivity contribution >= 4 is 5.97 Å². The van der Waals surface area contributed by atoms with Gasteiger partial charge in [0.1, 0.15) is 12.3 Å². The summed E-state index contributed by atoms with van der Waals surface area (Å²) >= 11 is 0. The van der Waals surface area contributed by atoms with Crippen LogP contribution in [-0.2, 0) is 22.5 Å². The molecule has 0 aliphatic carbocycles. The number of esters is 1. The molecule has 4 heteroatoms. The molecule has 4 nitrogen and oxygen atoms in total. The van der Waals surface area contributed by atoms with Crippen molar-refractivity contribution in [3.05, 3.63) is 65.7 Å². The van der Waals surface area contributed by atoms with E-state index in [2.05, 4.69) is 39.2 Å². The van der Waals surface area contributed by atoms with Gasteiger partial charge in [0.2, 0.25) is 6.79 Å². The second-order valence-electron chi connectivity index (χ2n) is 9.66. The molecule has 0 fully saturated rings. The van der Waals surface area contributed by atoms with Crippen molar-refractivity contribution in [2.45, 2.75) is 84.2 Å². The molecule has 0 saturated carbocycles. The van der Waals surface area contributed by atoms with Crippen LogP contribution in [0.3, 0.4) is 0 Å². The third kappa shape index (κ3) is 10.00. The second-order valence-corrected chi connectivity index (χ2v) is 9.66. The molecule has 2 aromatic carbocycles. The van der Waals surface area contributed by atoms with E-state index in [9.17, 15) is 4.79 Å². The number of nitrogens with zero attached hydrogens (tertiary/aromatic N) is 1. The highest BCUT2D eigenvalue weighted by Gasteiger charge is 2.32. The highest BCUT2D eigenvalue weighted by atomic mass is 16.7. The minimum absolute atomic E-state index is 0.0526. The molecule has 33 heavy (non-hydrogen) atoms. The average molecular weight is 455 g/mol. The quantitative estimate of drug-likeness (QED) is 0.120. The highest BCUT2D eigenvalue weighted by molar-refractivity contribution is 5.74. The zero-order chi connectivity index (χ0) is 23.9. The van der Waals surface area contributed by atoms with Crippen LogP contribution < -0.4 is 4.74 Å². The maximum absolute atomic E-state index is 12.7. The van der Waals surface area contributed by atoms with Crippen molar-refractivity contribution in [1.82, 2.24) is 0 Å². The Labute approximate surface area is 201 Å². The van der Waals surface area contributed by atoms with Gasteiger partial charge < -0.3 is 14.0 Å². The molecule has 0 aliphatic heterocycles. The van der Waals surface area contributed by atoms with Crippen LogP contribution in [-0.4, -0.2) is 37.4 Å². The van der Waals surface area contributed by atoms with E-state index in [1.165, 1.54) is 56.1 Å². The van der Waals surface area contributed by atoms with Crippen LogP contribution in [0, 0.1) is 0 Å². The van der Waals surface area contributed by atoms with Gasteiger partial charge in [0.05, 0.1) is 14.1 Å². The van der Waals surface area contributed by atoms with Gasteiger partial charge in [-0.15, -0.1) is 0 Å². The number of carbonyl (C=O) groups excluding carboxylic acids is 1. The monoisotopic (exact) mass is 454 g/mol. The minimum atomic E-state index is -0.290. The van der Waals surface area contributed by atoms with Crippen LogP contribution in [0.15, 0.2) is 54.6 Å². The summed E-state index contributed by atoms with van der Waals surface area (Å²) in [6, 6.07) is 18.0. The predicted molar refractivity (Wildman–Crippen MR) is 136 cm³/mol. The number of unbranched alkanes of at least 4 members (excludes halogenated alkanes) is 7. The standard InChI is InChI=1S/C29H44NO3/c1-5-6-7-8-9-10-11-15-20-27-21-16-17-22-28(27)32-24-33-29(31)25(2)30(3,4)23-26-18-13-12-14-19-26/h12-14,16-19,21-22,25H,5-11,15,20,23-24H2,1-4H3/q+1. The van der Waals surface area contributed by atoms with Gasteiger partial charge in [0, 0.05) is 5.56 Å². The first kappa shape index (κ1) is 26.9. The van der Waals surface area contributed by atoms with E-state index in [0.29, 0.717) is 4.48 Å². The molecule has 0 bridgehead atoms. The van der Waals surface area contributed by atoms with Gasteiger partial charge in [-0.3, -0.25) is 0 Å². The summed E-state index contributed by atoms with van der Waals surface area (Å²) in [4.78, 5) is 12.7. The summed E-state index contributed by atoms with van der Waals surface area (Å²) in [7, 11) is 4.11. The van der Waals surface area contributed by atoms with Crippen molar-refractivity contribution in [3.8, 4) is 5.75 Å². The lowest BCUT2D eigenvalue weighted by atomic mass is 10.0. The van der Waals surface area contributed by atoms with Crippen molar-refractivity contribution in [1.29, 1.82) is 0 Å². The molecule has 0 amide bonds. The molecule has 0 N–H and O–H groups in total. The Morgan fingerprint density at radius 1 is 0.848 bits per heavy atom. The first-order valence-electron chi connectivity index (χ1n) is 12.7. The Balaban J connectivity index is 1.74. The van der Waals surface area contributed by atoms with E-state index in [1.807, 2.05) is 43.3 Å². The third-order valence-corrected chi connectivity index (χ3v) is 6.51. The van der Waals surface area contributed by atoms with E-state index in [-0.39, 0.29) is 18.8 Å². The predicted octanol–water partition coefficient (Wildman–Crippen LogP) is 6.91. The maximum atomic E-state index is 12.7. The molecule has 0 aromatic heterocycles. The molecule has 1 unspecified atom stereocenters. The summed E-state index contributed by atoms with van der Waals surface area (Å²) in [6.07, 6.45) is 11.4. The Morgan fingerprint density at radius 2 is 1.45 bits per heavy atom. The first-order valence-corrected chi connectivity index (χ1v) is 12.7. The van der Waals surface area contributed by atoms with Crippen molar-refractivity contribution in [2.24, 2.45) is 0 Å². The Hall–Kier alpha value is -2.33. The number of benzene rings is 2.